The van der Waals surface area contributed by atoms with Gasteiger partial charge >= 0.3 is 0 Å². The maximum absolute atomic E-state index is 5.70. The van der Waals surface area contributed by atoms with E-state index in [0.717, 1.165) is 32.0 Å². The molecule has 1 saturated carbocycles. The average Bonchev–Trinajstić information content (AvgIpc) is 3.21. The molecule has 3 rings (SSSR count). The first-order valence-electron chi connectivity index (χ1n) is 10.1. The van der Waals surface area contributed by atoms with E-state index in [1.54, 1.807) is 0 Å². The van der Waals surface area contributed by atoms with Crippen LogP contribution in [-0.4, -0.2) is 51.5 Å². The van der Waals surface area contributed by atoms with Gasteiger partial charge in [-0.1, -0.05) is 30.3 Å². The minimum atomic E-state index is 0. The fraction of sp³-hybridized carbons (Fsp3) is 0.667. The van der Waals surface area contributed by atoms with Crippen molar-refractivity contribution in [2.24, 2.45) is 4.99 Å². The lowest BCUT2D eigenvalue weighted by Gasteiger charge is -2.30. The number of nitrogens with zero attached hydrogens (tertiary/aromatic N) is 1. The molecule has 1 heterocycles. The molecule has 5 nitrogen and oxygen atoms in total. The van der Waals surface area contributed by atoms with Crippen LogP contribution in [0, 0.1) is 0 Å². The molecule has 1 unspecified atom stereocenters. The Kier molecular flexibility index (Phi) is 10.4. The lowest BCUT2D eigenvalue weighted by Crippen LogP contribution is -2.45. The first-order chi connectivity index (χ1) is 12.8. The van der Waals surface area contributed by atoms with E-state index in [1.165, 1.54) is 31.2 Å². The second kappa shape index (κ2) is 12.6. The standard InChI is InChI=1S/C21H33N3O2.HI/c1-22-21(23-13-15-25-16-20-8-5-14-26-20)24-19-11-9-18(10-12-19)17-6-3-2-4-7-17;/h2-4,6-7,18-20H,5,8-16H2,1H3,(H2,22,23,24);1H. The number of nitrogens with one attached hydrogen (secondary N) is 2. The molecule has 152 valence electrons. The van der Waals surface area contributed by atoms with E-state index < -0.39 is 0 Å². The minimum Gasteiger partial charge on any atom is -0.377 e. The summed E-state index contributed by atoms with van der Waals surface area (Å²) in [7, 11) is 1.83. The molecule has 2 N–H and O–H groups in total. The summed E-state index contributed by atoms with van der Waals surface area (Å²) < 4.78 is 11.3. The largest absolute Gasteiger partial charge is 0.377 e. The van der Waals surface area contributed by atoms with Gasteiger partial charge in [-0.25, -0.2) is 0 Å². The van der Waals surface area contributed by atoms with Gasteiger partial charge in [-0.2, -0.15) is 0 Å². The Hall–Kier alpha value is -0.860. The van der Waals surface area contributed by atoms with Gasteiger partial charge < -0.3 is 20.1 Å². The van der Waals surface area contributed by atoms with Crippen molar-refractivity contribution in [3.8, 4) is 0 Å². The van der Waals surface area contributed by atoms with Crippen molar-refractivity contribution in [1.29, 1.82) is 0 Å². The predicted molar refractivity (Wildman–Crippen MR) is 121 cm³/mol. The first-order valence-corrected chi connectivity index (χ1v) is 10.1. The minimum absolute atomic E-state index is 0. The zero-order chi connectivity index (χ0) is 18.0. The zero-order valence-electron chi connectivity index (χ0n) is 16.4. The Balaban J connectivity index is 0.00000261. The van der Waals surface area contributed by atoms with Gasteiger partial charge in [0.25, 0.3) is 0 Å². The number of ether oxygens (including phenoxy) is 2. The Labute approximate surface area is 180 Å². The van der Waals surface area contributed by atoms with Crippen LogP contribution in [-0.2, 0) is 9.47 Å². The highest BCUT2D eigenvalue weighted by Crippen LogP contribution is 2.32. The molecule has 1 aromatic rings. The molecule has 0 amide bonds. The molecule has 2 aliphatic rings. The average molecular weight is 487 g/mol. The maximum Gasteiger partial charge on any atom is 0.191 e. The van der Waals surface area contributed by atoms with Gasteiger partial charge in [0.05, 0.1) is 19.3 Å². The Morgan fingerprint density at radius 3 is 2.59 bits per heavy atom. The fourth-order valence-corrected chi connectivity index (χ4v) is 3.92. The van der Waals surface area contributed by atoms with E-state index in [1.807, 2.05) is 7.05 Å². The quantitative estimate of drug-likeness (QED) is 0.267. The Morgan fingerprint density at radius 2 is 1.93 bits per heavy atom. The van der Waals surface area contributed by atoms with Crippen LogP contribution in [0.5, 0.6) is 0 Å². The lowest BCUT2D eigenvalue weighted by atomic mass is 9.82. The summed E-state index contributed by atoms with van der Waals surface area (Å²) in [5.41, 5.74) is 1.48. The number of guanidine groups is 1. The van der Waals surface area contributed by atoms with Gasteiger partial charge in [-0.05, 0) is 50.0 Å². The molecule has 1 aromatic carbocycles. The summed E-state index contributed by atoms with van der Waals surface area (Å²) in [5, 5.41) is 6.93. The summed E-state index contributed by atoms with van der Waals surface area (Å²) in [6.45, 7) is 3.04. The van der Waals surface area contributed by atoms with Gasteiger partial charge in [0.1, 0.15) is 0 Å². The van der Waals surface area contributed by atoms with Crippen LogP contribution in [0.15, 0.2) is 35.3 Å². The topological polar surface area (TPSA) is 54.9 Å². The molecule has 0 bridgehead atoms. The molecule has 1 aliphatic heterocycles. The monoisotopic (exact) mass is 487 g/mol. The van der Waals surface area contributed by atoms with Crippen LogP contribution < -0.4 is 10.6 Å². The molecule has 2 fully saturated rings. The van der Waals surface area contributed by atoms with Crippen LogP contribution >= 0.6 is 24.0 Å². The van der Waals surface area contributed by atoms with Gasteiger partial charge in [-0.15, -0.1) is 24.0 Å². The number of benzene rings is 1. The van der Waals surface area contributed by atoms with Crippen molar-refractivity contribution in [1.82, 2.24) is 10.6 Å². The fourth-order valence-electron chi connectivity index (χ4n) is 3.92. The van der Waals surface area contributed by atoms with Crippen molar-refractivity contribution in [2.45, 2.75) is 56.6 Å². The molecule has 1 saturated heterocycles. The van der Waals surface area contributed by atoms with Crippen LogP contribution in [0.1, 0.15) is 50.0 Å². The van der Waals surface area contributed by atoms with Crippen LogP contribution in [0.25, 0.3) is 0 Å². The summed E-state index contributed by atoms with van der Waals surface area (Å²) >= 11 is 0. The SMILES string of the molecule is CN=C(NCCOCC1CCCO1)NC1CCC(c2ccccc2)CC1.I. The summed E-state index contributed by atoms with van der Waals surface area (Å²) in [4.78, 5) is 4.35. The number of hydrogen-bond donors (Lipinski definition) is 2. The molecule has 1 aliphatic carbocycles. The van der Waals surface area contributed by atoms with E-state index in [9.17, 15) is 0 Å². The normalized spacial score (nSPS) is 25.7. The molecular formula is C21H34IN3O2. The highest BCUT2D eigenvalue weighted by atomic mass is 127. The summed E-state index contributed by atoms with van der Waals surface area (Å²) in [5.74, 6) is 1.59. The third-order valence-corrected chi connectivity index (χ3v) is 5.43. The van der Waals surface area contributed by atoms with Gasteiger partial charge in [0.15, 0.2) is 5.96 Å². The second-order valence-corrected chi connectivity index (χ2v) is 7.31. The van der Waals surface area contributed by atoms with E-state index in [4.69, 9.17) is 9.47 Å². The lowest BCUT2D eigenvalue weighted by molar-refractivity contribution is 0.0191. The third-order valence-electron chi connectivity index (χ3n) is 5.43. The highest BCUT2D eigenvalue weighted by Gasteiger charge is 2.22. The number of aliphatic imine (C=N–C) groups is 1. The smallest absolute Gasteiger partial charge is 0.191 e. The van der Waals surface area contributed by atoms with E-state index in [2.05, 4.69) is 46.0 Å². The van der Waals surface area contributed by atoms with Crippen molar-refractivity contribution in [3.63, 3.8) is 0 Å². The molecule has 0 radical (unpaired) electrons. The number of hydrogen-bond acceptors (Lipinski definition) is 3. The highest BCUT2D eigenvalue weighted by molar-refractivity contribution is 14.0. The molecule has 1 atom stereocenters. The van der Waals surface area contributed by atoms with Crippen molar-refractivity contribution in [2.75, 3.05) is 33.4 Å². The van der Waals surface area contributed by atoms with Crippen LogP contribution in [0.4, 0.5) is 0 Å². The van der Waals surface area contributed by atoms with Gasteiger partial charge in [0.2, 0.25) is 0 Å². The molecule has 0 spiro atoms. The summed E-state index contributed by atoms with van der Waals surface area (Å²) in [6.07, 6.45) is 7.45. The predicted octanol–water partition coefficient (Wildman–Crippen LogP) is 3.69. The van der Waals surface area contributed by atoms with Gasteiger partial charge in [-0.3, -0.25) is 4.99 Å². The van der Waals surface area contributed by atoms with E-state index in [0.29, 0.717) is 31.3 Å². The number of halogens is 1. The zero-order valence-corrected chi connectivity index (χ0v) is 18.7. The third kappa shape index (κ3) is 7.58. The second-order valence-electron chi connectivity index (χ2n) is 7.31. The molecule has 0 aromatic heterocycles. The molecule has 27 heavy (non-hydrogen) atoms. The van der Waals surface area contributed by atoms with Crippen molar-refractivity contribution >= 4 is 29.9 Å². The number of rotatable bonds is 7. The molecule has 6 heteroatoms. The van der Waals surface area contributed by atoms with E-state index >= 15 is 0 Å². The van der Waals surface area contributed by atoms with Crippen LogP contribution in [0.2, 0.25) is 0 Å². The Morgan fingerprint density at radius 1 is 1.15 bits per heavy atom. The van der Waals surface area contributed by atoms with Crippen LogP contribution in [0.3, 0.4) is 0 Å². The maximum atomic E-state index is 5.70. The van der Waals surface area contributed by atoms with Crippen molar-refractivity contribution < 1.29 is 9.47 Å². The first kappa shape index (κ1) is 22.4. The van der Waals surface area contributed by atoms with Crippen molar-refractivity contribution in [3.05, 3.63) is 35.9 Å². The molecular weight excluding hydrogens is 453 g/mol. The van der Waals surface area contributed by atoms with E-state index in [-0.39, 0.29) is 24.0 Å². The summed E-state index contributed by atoms with van der Waals surface area (Å²) in [6, 6.07) is 11.4. The van der Waals surface area contributed by atoms with Gasteiger partial charge in [0, 0.05) is 26.2 Å². The Bertz CT molecular complexity index is 542.